The number of nitrogens with zero attached hydrogens (tertiary/aromatic N) is 6. The Labute approximate surface area is 374 Å². The molecule has 22 nitrogen and oxygen atoms in total. The van der Waals surface area contributed by atoms with Crippen molar-refractivity contribution in [1.29, 1.82) is 0 Å². The first-order valence-corrected chi connectivity index (χ1v) is 22.2. The molecule has 1 aliphatic heterocycles. The zero-order valence-electron chi connectivity index (χ0n) is 35.0. The van der Waals surface area contributed by atoms with E-state index in [1.165, 1.54) is 24.3 Å². The number of nitro groups is 4. The van der Waals surface area contributed by atoms with Gasteiger partial charge in [-0.3, -0.25) is 40.5 Å². The van der Waals surface area contributed by atoms with Crippen molar-refractivity contribution in [2.45, 2.75) is 37.5 Å². The monoisotopic (exact) mass is 958 g/mol. The van der Waals surface area contributed by atoms with Crippen LogP contribution in [0.1, 0.15) is 33.3 Å². The molecule has 0 N–H and O–H groups in total. The highest BCUT2D eigenvalue weighted by Gasteiger charge is 2.37. The van der Waals surface area contributed by atoms with Crippen LogP contribution in [0.5, 0.6) is 5.75 Å². The highest BCUT2D eigenvalue weighted by Crippen LogP contribution is 2.36. The predicted octanol–water partition coefficient (Wildman–Crippen LogP) is 7.41. The van der Waals surface area contributed by atoms with Crippen molar-refractivity contribution in [3.05, 3.63) is 166 Å². The summed E-state index contributed by atoms with van der Waals surface area (Å²) in [4.78, 5) is 41.7. The average molecular weight is 959 g/mol. The number of rotatable bonds is 18. The molecule has 0 bridgehead atoms. The van der Waals surface area contributed by atoms with E-state index in [9.17, 15) is 57.3 Å². The fourth-order valence-corrected chi connectivity index (χ4v) is 8.57. The Morgan fingerprint density at radius 2 is 1.24 bits per heavy atom. The summed E-state index contributed by atoms with van der Waals surface area (Å²) in [6.07, 6.45) is 9.48. The third-order valence-corrected chi connectivity index (χ3v) is 12.1. The van der Waals surface area contributed by atoms with Crippen LogP contribution in [0.3, 0.4) is 0 Å². The van der Waals surface area contributed by atoms with E-state index in [2.05, 4.69) is 0 Å². The lowest BCUT2D eigenvalue weighted by Crippen LogP contribution is -2.33. The van der Waals surface area contributed by atoms with Gasteiger partial charge in [0.25, 0.3) is 22.7 Å². The van der Waals surface area contributed by atoms with Crippen LogP contribution in [-0.2, 0) is 33.7 Å². The van der Waals surface area contributed by atoms with E-state index in [-0.39, 0.29) is 11.1 Å². The Balaban J connectivity index is 1.55. The molecule has 27 heteroatoms. The van der Waals surface area contributed by atoms with Gasteiger partial charge in [-0.15, -0.1) is 0 Å². The van der Waals surface area contributed by atoms with E-state index in [1.807, 2.05) is 0 Å². The molecule has 348 valence electrons. The summed E-state index contributed by atoms with van der Waals surface area (Å²) in [6.45, 7) is 9.01. The minimum absolute atomic E-state index is 0.0625. The van der Waals surface area contributed by atoms with Crippen molar-refractivity contribution in [1.82, 2.24) is 0 Å². The van der Waals surface area contributed by atoms with Gasteiger partial charge in [0.15, 0.2) is 21.3 Å². The zero-order chi connectivity index (χ0) is 48.7. The maximum atomic E-state index is 15.0. The van der Waals surface area contributed by atoms with E-state index in [0.29, 0.717) is 61.8 Å². The number of allylic oxidation sites excluding steroid dienone is 7. The maximum absolute atomic E-state index is 15.0. The van der Waals surface area contributed by atoms with Crippen molar-refractivity contribution in [2.75, 3.05) is 31.1 Å². The molecular formula is C39H37BF2N6O16S2. The largest absolute Gasteiger partial charge is 0.725 e. The van der Waals surface area contributed by atoms with E-state index in [1.54, 1.807) is 49.3 Å². The number of hydrogen-bond acceptors (Lipinski definition) is 17. The predicted molar refractivity (Wildman–Crippen MR) is 233 cm³/mol. The van der Waals surface area contributed by atoms with Gasteiger partial charge >= 0.3 is 27.3 Å². The fourth-order valence-electron chi connectivity index (χ4n) is 6.38. The molecule has 0 saturated carbocycles. The molecule has 0 spiro atoms. The Hall–Kier alpha value is -7.81. The van der Waals surface area contributed by atoms with Crippen LogP contribution >= 0.6 is 0 Å². The highest BCUT2D eigenvalue weighted by molar-refractivity contribution is 7.87. The van der Waals surface area contributed by atoms with Gasteiger partial charge in [0.2, 0.25) is 5.71 Å². The van der Waals surface area contributed by atoms with Gasteiger partial charge < -0.3 is 31.2 Å². The van der Waals surface area contributed by atoms with Gasteiger partial charge in [0, 0.05) is 60.3 Å². The summed E-state index contributed by atoms with van der Waals surface area (Å²) < 4.78 is 106. The molecule has 66 heavy (non-hydrogen) atoms. The lowest BCUT2D eigenvalue weighted by Gasteiger charge is -2.33. The first-order valence-electron chi connectivity index (χ1n) is 19.4. The molecule has 0 amide bonds. The highest BCUT2D eigenvalue weighted by atomic mass is 32.2. The minimum Gasteiger partial charge on any atom is -0.627 e. The summed E-state index contributed by atoms with van der Waals surface area (Å²) in [7, 11) is -15.2. The third kappa shape index (κ3) is 11.5. The van der Waals surface area contributed by atoms with Crippen LogP contribution < -0.4 is 9.08 Å². The standard InChI is InChI=1S/C39H37BF2N6O16S2/c1-5-43(6-2)28-13-9-26(36(23-28)63-65(57,58)38-19-15-30(45(49)50)21-34(38)47(53)54)11-17-32-25-33(62-40(41,42)61-32)18-12-27-10-14-29(44(7-3)8-4)24-37(27)64-66(59,60)39-20-16-31(46(51)52)22-35(39)48(55)56/h9-25H,5-8H2,1-4H3. The Morgan fingerprint density at radius 1 is 0.682 bits per heavy atom. The molecule has 3 aromatic rings. The van der Waals surface area contributed by atoms with E-state index < -0.39 is 103 Å². The molecule has 0 radical (unpaired) electrons. The SMILES string of the molecule is CCN(CC)c1ccc(/C=C/C2=CC(=CC=C3C=CC(=[N+](CC)CC)C=C3OS(=O)(=O)c3ccc([N+](=O)[O-])cc3[N+](=O)[O-])O[B-](F)(F)O2)c(OS(=O)(=O)c2ccc([N+](=O)[O-])cc2[N+](=O)[O-])c1. The van der Waals surface area contributed by atoms with Crippen LogP contribution in [0.2, 0.25) is 0 Å². The van der Waals surface area contributed by atoms with Crippen LogP contribution in [-0.4, -0.2) is 80.1 Å². The Morgan fingerprint density at radius 3 is 1.76 bits per heavy atom. The van der Waals surface area contributed by atoms with Crippen LogP contribution in [0, 0.1) is 40.5 Å². The molecule has 3 aromatic carbocycles. The van der Waals surface area contributed by atoms with Crippen molar-refractivity contribution >= 4 is 67.6 Å². The van der Waals surface area contributed by atoms with Gasteiger partial charge in [-0.1, -0.05) is 0 Å². The van der Waals surface area contributed by atoms with Crippen molar-refractivity contribution in [2.24, 2.45) is 0 Å². The van der Waals surface area contributed by atoms with E-state index in [0.717, 1.165) is 42.5 Å². The molecule has 0 fully saturated rings. The van der Waals surface area contributed by atoms with E-state index in [4.69, 9.17) is 17.7 Å². The van der Waals surface area contributed by atoms with Gasteiger partial charge in [-0.05, 0) is 82.3 Å². The topological polar surface area (TPSA) is 284 Å². The molecule has 2 aliphatic rings. The van der Waals surface area contributed by atoms with Crippen molar-refractivity contribution < 1.29 is 67.4 Å². The second-order valence-electron chi connectivity index (χ2n) is 13.6. The average Bonchev–Trinajstić information content (AvgIpc) is 3.25. The lowest BCUT2D eigenvalue weighted by atomic mass is 10.0. The second-order valence-corrected chi connectivity index (χ2v) is 16.6. The number of non-ortho nitro benzene ring substituents is 2. The molecular weight excluding hydrogens is 921 g/mol. The smallest absolute Gasteiger partial charge is 0.627 e. The summed E-state index contributed by atoms with van der Waals surface area (Å²) in [5.41, 5.74) is -3.06. The molecule has 5 rings (SSSR count). The van der Waals surface area contributed by atoms with Crippen LogP contribution in [0.25, 0.3) is 6.08 Å². The maximum Gasteiger partial charge on any atom is 0.725 e. The molecule has 1 heterocycles. The van der Waals surface area contributed by atoms with Gasteiger partial charge in [-0.25, -0.2) is 4.58 Å². The third-order valence-electron chi connectivity index (χ3n) is 9.57. The number of hydrogen-bond donors (Lipinski definition) is 0. The molecule has 1 aliphatic carbocycles. The summed E-state index contributed by atoms with van der Waals surface area (Å²) in [5, 5.41) is 46.1. The van der Waals surface area contributed by atoms with E-state index >= 15 is 8.63 Å². The summed E-state index contributed by atoms with van der Waals surface area (Å²) in [5.74, 6) is -1.93. The molecule has 0 atom stereocenters. The number of halogens is 2. The lowest BCUT2D eigenvalue weighted by molar-refractivity contribution is -0.519. The second kappa shape index (κ2) is 19.9. The summed E-state index contributed by atoms with van der Waals surface area (Å²) in [6, 6.07) is 7.88. The van der Waals surface area contributed by atoms with Crippen molar-refractivity contribution in [3.8, 4) is 5.75 Å². The number of anilines is 1. The van der Waals surface area contributed by atoms with Gasteiger partial charge in [-0.2, -0.15) is 16.8 Å². The Kier molecular flexibility index (Phi) is 14.9. The number of nitro benzene ring substituents is 4. The summed E-state index contributed by atoms with van der Waals surface area (Å²) >= 11 is 0. The normalized spacial score (nSPS) is 15.9. The first-order chi connectivity index (χ1) is 31.0. The quantitative estimate of drug-likeness (QED) is 0.0394. The molecule has 0 aromatic heterocycles. The van der Waals surface area contributed by atoms with Gasteiger partial charge in [0.05, 0.1) is 49.4 Å². The van der Waals surface area contributed by atoms with Gasteiger partial charge in [0.1, 0.15) is 13.1 Å². The van der Waals surface area contributed by atoms with Crippen LogP contribution in [0.4, 0.5) is 37.1 Å². The minimum atomic E-state index is -5.08. The molecule has 0 saturated heterocycles. The fraction of sp³-hybridized carbons (Fsp3) is 0.205. The van der Waals surface area contributed by atoms with Crippen molar-refractivity contribution in [3.63, 3.8) is 0 Å². The molecule has 0 unspecified atom stereocenters. The zero-order valence-corrected chi connectivity index (χ0v) is 36.6. The first kappa shape index (κ1) is 49.2. The number of benzene rings is 3. The Bertz CT molecular complexity index is 2960. The van der Waals surface area contributed by atoms with Crippen LogP contribution in [0.15, 0.2) is 130 Å².